The number of guanidine groups is 1. The van der Waals surface area contributed by atoms with Crippen molar-refractivity contribution in [2.75, 3.05) is 11.9 Å². The van der Waals surface area contributed by atoms with Crippen LogP contribution >= 0.6 is 11.6 Å². The summed E-state index contributed by atoms with van der Waals surface area (Å²) in [5.41, 5.74) is 0.683. The molecule has 1 rings (SSSR count). The van der Waals surface area contributed by atoms with Crippen LogP contribution in [-0.2, 0) is 4.79 Å². The van der Waals surface area contributed by atoms with E-state index in [0.717, 1.165) is 19.3 Å². The van der Waals surface area contributed by atoms with Gasteiger partial charge in [-0.15, -0.1) is 0 Å². The van der Waals surface area contributed by atoms with E-state index in [2.05, 4.69) is 20.6 Å². The minimum atomic E-state index is -0.765. The molecule has 3 N–H and O–H groups in total. The van der Waals surface area contributed by atoms with Gasteiger partial charge in [0.1, 0.15) is 5.15 Å². The fraction of sp³-hybridized carbons (Fsp3) is 0.429. The molecule has 0 aliphatic heterocycles. The van der Waals surface area contributed by atoms with Gasteiger partial charge in [-0.1, -0.05) is 24.4 Å². The molecule has 0 amide bonds. The van der Waals surface area contributed by atoms with Crippen LogP contribution in [0.15, 0.2) is 23.3 Å². The average molecular weight is 324 g/mol. The van der Waals surface area contributed by atoms with Crippen LogP contribution in [0.4, 0.5) is 5.69 Å². The Kier molecular flexibility index (Phi) is 8.38. The molecular formula is C14H18ClN5O2. The van der Waals surface area contributed by atoms with Crippen molar-refractivity contribution in [1.29, 1.82) is 5.26 Å². The SMILES string of the molecule is N#CNC(=NCCCCCCC(=O)O)Nc1ccnc(Cl)c1. The van der Waals surface area contributed by atoms with Crippen LogP contribution in [0.25, 0.3) is 0 Å². The second-order valence-electron chi connectivity index (χ2n) is 4.52. The van der Waals surface area contributed by atoms with E-state index in [0.29, 0.717) is 29.8 Å². The van der Waals surface area contributed by atoms with Gasteiger partial charge >= 0.3 is 5.97 Å². The summed E-state index contributed by atoms with van der Waals surface area (Å²) in [5, 5.41) is 23.0. The molecular weight excluding hydrogens is 306 g/mol. The van der Waals surface area contributed by atoms with Crippen LogP contribution in [0.1, 0.15) is 32.1 Å². The number of carboxylic acids is 1. The highest BCUT2D eigenvalue weighted by atomic mass is 35.5. The summed E-state index contributed by atoms with van der Waals surface area (Å²) in [7, 11) is 0. The van der Waals surface area contributed by atoms with Crippen LogP contribution in [0.5, 0.6) is 0 Å². The molecule has 118 valence electrons. The number of nitriles is 1. The number of unbranched alkanes of at least 4 members (excludes halogenated alkanes) is 3. The third-order valence-corrected chi connectivity index (χ3v) is 2.94. The van der Waals surface area contributed by atoms with E-state index in [1.807, 2.05) is 6.19 Å². The van der Waals surface area contributed by atoms with Crippen molar-refractivity contribution >= 4 is 29.2 Å². The summed E-state index contributed by atoms with van der Waals surface area (Å²) in [6.07, 6.45) is 6.84. The minimum absolute atomic E-state index is 0.203. The number of nitrogens with one attached hydrogen (secondary N) is 2. The standard InChI is InChI=1S/C14H18ClN5O2/c15-12-9-11(6-8-17-12)20-14(19-10-16)18-7-4-2-1-3-5-13(21)22/h6,8-9H,1-5,7H2,(H,21,22)(H2,17,18,19,20). The van der Waals surface area contributed by atoms with E-state index >= 15 is 0 Å². The molecule has 0 bridgehead atoms. The van der Waals surface area contributed by atoms with E-state index in [-0.39, 0.29) is 6.42 Å². The van der Waals surface area contributed by atoms with Gasteiger partial charge in [0.2, 0.25) is 5.96 Å². The number of carbonyl (C=O) groups is 1. The van der Waals surface area contributed by atoms with Crippen molar-refractivity contribution in [3.63, 3.8) is 0 Å². The number of anilines is 1. The molecule has 0 fully saturated rings. The number of carboxylic acid groups (broad SMARTS) is 1. The fourth-order valence-corrected chi connectivity index (χ4v) is 1.89. The van der Waals surface area contributed by atoms with Gasteiger partial charge in [0, 0.05) is 24.8 Å². The molecule has 8 heteroatoms. The van der Waals surface area contributed by atoms with Gasteiger partial charge in [-0.25, -0.2) is 4.98 Å². The summed E-state index contributed by atoms with van der Waals surface area (Å²) in [6.45, 7) is 0.545. The first-order chi connectivity index (χ1) is 10.6. The molecule has 22 heavy (non-hydrogen) atoms. The lowest BCUT2D eigenvalue weighted by Crippen LogP contribution is -2.27. The molecule has 1 aromatic rings. The van der Waals surface area contributed by atoms with Gasteiger partial charge in [-0.3, -0.25) is 15.1 Å². The van der Waals surface area contributed by atoms with Gasteiger partial charge in [0.25, 0.3) is 0 Å². The first-order valence-electron chi connectivity index (χ1n) is 6.91. The zero-order valence-electron chi connectivity index (χ0n) is 12.0. The summed E-state index contributed by atoms with van der Waals surface area (Å²) < 4.78 is 0. The van der Waals surface area contributed by atoms with Crippen molar-refractivity contribution in [1.82, 2.24) is 10.3 Å². The lowest BCUT2D eigenvalue weighted by molar-refractivity contribution is -0.137. The van der Waals surface area contributed by atoms with E-state index in [1.54, 1.807) is 18.3 Å². The van der Waals surface area contributed by atoms with E-state index in [9.17, 15) is 4.79 Å². The molecule has 0 spiro atoms. The molecule has 1 aromatic heterocycles. The zero-order chi connectivity index (χ0) is 16.2. The molecule has 0 aliphatic carbocycles. The van der Waals surface area contributed by atoms with Gasteiger partial charge in [0.05, 0.1) is 0 Å². The number of hydrogen-bond donors (Lipinski definition) is 3. The van der Waals surface area contributed by atoms with Crippen molar-refractivity contribution < 1.29 is 9.90 Å². The topological polar surface area (TPSA) is 110 Å². The molecule has 0 saturated heterocycles. The Hall–Kier alpha value is -2.33. The highest BCUT2D eigenvalue weighted by Gasteiger charge is 2.01. The maximum atomic E-state index is 10.4. The number of rotatable bonds is 8. The van der Waals surface area contributed by atoms with E-state index in [4.69, 9.17) is 22.0 Å². The molecule has 0 radical (unpaired) electrons. The molecule has 0 atom stereocenters. The highest BCUT2D eigenvalue weighted by molar-refractivity contribution is 6.29. The van der Waals surface area contributed by atoms with E-state index < -0.39 is 5.97 Å². The van der Waals surface area contributed by atoms with Crippen LogP contribution < -0.4 is 10.6 Å². The third-order valence-electron chi connectivity index (χ3n) is 2.73. The predicted octanol–water partition coefficient (Wildman–Crippen LogP) is 2.61. The Bertz CT molecular complexity index is 556. The number of nitrogens with zero attached hydrogens (tertiary/aromatic N) is 3. The second kappa shape index (κ2) is 10.4. The quantitative estimate of drug-likeness (QED) is 0.169. The monoisotopic (exact) mass is 323 g/mol. The van der Waals surface area contributed by atoms with Gasteiger partial charge in [-0.05, 0) is 25.0 Å². The van der Waals surface area contributed by atoms with Gasteiger partial charge in [0.15, 0.2) is 6.19 Å². The Morgan fingerprint density at radius 1 is 1.41 bits per heavy atom. The smallest absolute Gasteiger partial charge is 0.303 e. The molecule has 0 unspecified atom stereocenters. The van der Waals surface area contributed by atoms with Crippen LogP contribution in [0, 0.1) is 11.5 Å². The number of aliphatic carboxylic acids is 1. The molecule has 0 saturated carbocycles. The lowest BCUT2D eigenvalue weighted by Gasteiger charge is -2.08. The number of pyridine rings is 1. The summed E-state index contributed by atoms with van der Waals surface area (Å²) in [6, 6.07) is 3.34. The van der Waals surface area contributed by atoms with Crippen LogP contribution in [0.3, 0.4) is 0 Å². The van der Waals surface area contributed by atoms with Crippen LogP contribution in [-0.4, -0.2) is 28.6 Å². The molecule has 0 aromatic carbocycles. The third kappa shape index (κ3) is 8.07. The normalized spacial score (nSPS) is 10.8. The Morgan fingerprint density at radius 3 is 2.86 bits per heavy atom. The van der Waals surface area contributed by atoms with Gasteiger partial charge in [-0.2, -0.15) is 5.26 Å². The second-order valence-corrected chi connectivity index (χ2v) is 4.90. The van der Waals surface area contributed by atoms with Crippen LogP contribution in [0.2, 0.25) is 5.15 Å². The number of hydrogen-bond acceptors (Lipinski definition) is 4. The Morgan fingerprint density at radius 2 is 2.18 bits per heavy atom. The summed E-state index contributed by atoms with van der Waals surface area (Å²) in [4.78, 5) is 18.5. The number of aliphatic imine (C=N–C) groups is 1. The summed E-state index contributed by atoms with van der Waals surface area (Å²) >= 11 is 5.78. The minimum Gasteiger partial charge on any atom is -0.481 e. The lowest BCUT2D eigenvalue weighted by atomic mass is 10.1. The van der Waals surface area contributed by atoms with Crippen molar-refractivity contribution in [3.05, 3.63) is 23.5 Å². The molecule has 7 nitrogen and oxygen atoms in total. The highest BCUT2D eigenvalue weighted by Crippen LogP contribution is 2.11. The Labute approximate surface area is 134 Å². The maximum Gasteiger partial charge on any atom is 0.303 e. The first-order valence-corrected chi connectivity index (χ1v) is 7.29. The van der Waals surface area contributed by atoms with Crippen molar-refractivity contribution in [2.45, 2.75) is 32.1 Å². The average Bonchev–Trinajstić information content (AvgIpc) is 2.46. The maximum absolute atomic E-state index is 10.4. The fourth-order valence-electron chi connectivity index (χ4n) is 1.71. The van der Waals surface area contributed by atoms with Crippen molar-refractivity contribution in [2.24, 2.45) is 4.99 Å². The number of halogens is 1. The largest absolute Gasteiger partial charge is 0.481 e. The predicted molar refractivity (Wildman–Crippen MR) is 84.6 cm³/mol. The van der Waals surface area contributed by atoms with Crippen molar-refractivity contribution in [3.8, 4) is 6.19 Å². The van der Waals surface area contributed by atoms with Gasteiger partial charge < -0.3 is 10.4 Å². The molecule has 1 heterocycles. The molecule has 0 aliphatic rings. The number of aromatic nitrogens is 1. The first kappa shape index (κ1) is 17.7. The summed E-state index contributed by atoms with van der Waals surface area (Å²) in [5.74, 6) is -0.422. The Balaban J connectivity index is 2.36. The van der Waals surface area contributed by atoms with E-state index in [1.165, 1.54) is 0 Å². The zero-order valence-corrected chi connectivity index (χ0v) is 12.8.